The maximum atomic E-state index is 15.6. The van der Waals surface area contributed by atoms with Gasteiger partial charge in [0, 0.05) is 112 Å². The third-order valence-corrected chi connectivity index (χ3v) is 13.1. The van der Waals surface area contributed by atoms with Crippen LogP contribution < -0.4 is 25.3 Å². The standard InChI is InChI=1S/C43H52ClFN8O4/c1-27-4-6-34(22-36(27)44)51-23-29(3)52(24-28(51)2)43(57)46-32-5-9-38(37(45)21-32)50-14-12-30(13-15-50)25-48-16-18-49(19-17-48)33-7-8-35-31(20-33)26-53(42(35)56)39-10-11-40(54)47-41(39)55/h4-9,20-22,28-30,39H,10-19,23-26H2,1-3H3,(H,46,57)(H,47,54,55)/t28-,29+,39-/m0/s1. The molecule has 5 aliphatic heterocycles. The van der Waals surface area contributed by atoms with Crippen molar-refractivity contribution in [1.29, 1.82) is 0 Å². The van der Waals surface area contributed by atoms with E-state index >= 15 is 4.39 Å². The van der Waals surface area contributed by atoms with E-state index in [1.165, 1.54) is 6.07 Å². The molecule has 0 bridgehead atoms. The fourth-order valence-electron chi connectivity index (χ4n) is 9.23. The second-order valence-corrected chi connectivity index (χ2v) is 16.9. The van der Waals surface area contributed by atoms with Crippen molar-refractivity contribution in [2.24, 2.45) is 5.92 Å². The van der Waals surface area contributed by atoms with Gasteiger partial charge in [0.2, 0.25) is 11.8 Å². The third-order valence-electron chi connectivity index (χ3n) is 12.6. The van der Waals surface area contributed by atoms with Crippen LogP contribution in [0.15, 0.2) is 54.6 Å². The van der Waals surface area contributed by atoms with Gasteiger partial charge in [0.25, 0.3) is 5.91 Å². The molecule has 57 heavy (non-hydrogen) atoms. The number of urea groups is 1. The Morgan fingerprint density at radius 2 is 1.60 bits per heavy atom. The molecule has 2 N–H and O–H groups in total. The molecule has 0 aliphatic carbocycles. The number of hydrogen-bond acceptors (Lipinski definition) is 8. The molecule has 5 aliphatic rings. The minimum atomic E-state index is -0.613. The number of nitrogens with one attached hydrogen (secondary N) is 2. The van der Waals surface area contributed by atoms with Crippen molar-refractivity contribution in [1.82, 2.24) is 20.0 Å². The normalized spacial score (nSPS) is 23.6. The summed E-state index contributed by atoms with van der Waals surface area (Å²) in [6, 6.07) is 16.3. The summed E-state index contributed by atoms with van der Waals surface area (Å²) in [5.41, 5.74) is 5.73. The van der Waals surface area contributed by atoms with Crippen LogP contribution >= 0.6 is 11.6 Å². The molecule has 302 valence electrons. The number of piperidine rings is 2. The first-order valence-electron chi connectivity index (χ1n) is 20.3. The molecule has 5 amide bonds. The molecule has 3 atom stereocenters. The summed E-state index contributed by atoms with van der Waals surface area (Å²) in [5, 5.41) is 6.04. The van der Waals surface area contributed by atoms with Gasteiger partial charge in [0.05, 0.1) is 5.69 Å². The number of fused-ring (bicyclic) bond motifs is 1. The molecule has 4 saturated heterocycles. The largest absolute Gasteiger partial charge is 0.369 e. The summed E-state index contributed by atoms with van der Waals surface area (Å²) in [6.45, 7) is 13.9. The molecule has 0 radical (unpaired) electrons. The Labute approximate surface area is 338 Å². The predicted molar refractivity (Wildman–Crippen MR) is 221 cm³/mol. The van der Waals surface area contributed by atoms with E-state index < -0.39 is 11.9 Å². The number of nitrogens with zero attached hydrogens (tertiary/aromatic N) is 6. The first-order chi connectivity index (χ1) is 27.4. The van der Waals surface area contributed by atoms with Gasteiger partial charge in [-0.3, -0.25) is 24.6 Å². The molecule has 3 aromatic carbocycles. The number of amides is 5. The van der Waals surface area contributed by atoms with Crippen molar-refractivity contribution in [2.45, 2.75) is 71.1 Å². The minimum Gasteiger partial charge on any atom is -0.369 e. The Balaban J connectivity index is 0.784. The maximum Gasteiger partial charge on any atom is 0.322 e. The van der Waals surface area contributed by atoms with Gasteiger partial charge in [-0.2, -0.15) is 0 Å². The van der Waals surface area contributed by atoms with Crippen LogP contribution in [0.2, 0.25) is 5.02 Å². The van der Waals surface area contributed by atoms with Gasteiger partial charge < -0.3 is 29.8 Å². The van der Waals surface area contributed by atoms with Crippen LogP contribution in [0.4, 0.5) is 31.9 Å². The molecule has 12 nitrogen and oxygen atoms in total. The maximum absolute atomic E-state index is 15.6. The van der Waals surface area contributed by atoms with Gasteiger partial charge in [-0.15, -0.1) is 0 Å². The fraction of sp³-hybridized carbons (Fsp3) is 0.488. The number of carbonyl (C=O) groups is 4. The molecule has 5 heterocycles. The van der Waals surface area contributed by atoms with Crippen LogP contribution in [0, 0.1) is 18.7 Å². The number of piperazine rings is 2. The third kappa shape index (κ3) is 8.14. The van der Waals surface area contributed by atoms with Crippen LogP contribution in [0.1, 0.15) is 61.0 Å². The highest BCUT2D eigenvalue weighted by Gasteiger charge is 2.39. The van der Waals surface area contributed by atoms with Crippen LogP contribution in [0.3, 0.4) is 0 Å². The van der Waals surface area contributed by atoms with Gasteiger partial charge in [-0.25, -0.2) is 9.18 Å². The van der Waals surface area contributed by atoms with E-state index in [0.29, 0.717) is 48.9 Å². The topological polar surface area (TPSA) is 112 Å². The summed E-state index contributed by atoms with van der Waals surface area (Å²) in [7, 11) is 0. The van der Waals surface area contributed by atoms with E-state index in [-0.39, 0.29) is 42.2 Å². The zero-order valence-corrected chi connectivity index (χ0v) is 33.7. The molecule has 3 aromatic rings. The predicted octanol–water partition coefficient (Wildman–Crippen LogP) is 5.72. The summed E-state index contributed by atoms with van der Waals surface area (Å²) >= 11 is 6.40. The summed E-state index contributed by atoms with van der Waals surface area (Å²) < 4.78 is 15.6. The van der Waals surface area contributed by atoms with E-state index in [9.17, 15) is 19.2 Å². The molecule has 8 rings (SSSR count). The van der Waals surface area contributed by atoms with E-state index in [4.69, 9.17) is 11.6 Å². The van der Waals surface area contributed by atoms with Crippen molar-refractivity contribution < 1.29 is 23.6 Å². The van der Waals surface area contributed by atoms with E-state index in [0.717, 1.165) is 86.2 Å². The average molecular weight is 799 g/mol. The minimum absolute atomic E-state index is 0.0463. The van der Waals surface area contributed by atoms with Crippen molar-refractivity contribution in [2.75, 3.05) is 78.9 Å². The molecule has 14 heteroatoms. The van der Waals surface area contributed by atoms with Gasteiger partial charge in [-0.05, 0) is 106 Å². The van der Waals surface area contributed by atoms with Crippen LogP contribution in [0.5, 0.6) is 0 Å². The van der Waals surface area contributed by atoms with Gasteiger partial charge in [0.1, 0.15) is 11.9 Å². The number of anilines is 4. The van der Waals surface area contributed by atoms with Crippen molar-refractivity contribution in [3.8, 4) is 0 Å². The SMILES string of the molecule is Cc1ccc(N2C[C@@H](C)N(C(=O)Nc3ccc(N4CCC(CN5CCN(c6ccc7c(c6)CN([C@H]6CCC(=O)NC6=O)C7=O)CC5)CC4)c(F)c3)C[C@@H]2C)cc1Cl. The Kier molecular flexibility index (Phi) is 11.1. The van der Waals surface area contributed by atoms with E-state index in [1.54, 1.807) is 17.0 Å². The highest BCUT2D eigenvalue weighted by Crippen LogP contribution is 2.33. The summed E-state index contributed by atoms with van der Waals surface area (Å²) in [4.78, 5) is 63.3. The number of imide groups is 1. The number of aryl methyl sites for hydroxylation is 1. The number of halogens is 2. The van der Waals surface area contributed by atoms with Crippen molar-refractivity contribution in [3.63, 3.8) is 0 Å². The average Bonchev–Trinajstić information content (AvgIpc) is 3.52. The number of rotatable bonds is 7. The second kappa shape index (κ2) is 16.2. The van der Waals surface area contributed by atoms with Crippen LogP contribution in [-0.2, 0) is 16.1 Å². The fourth-order valence-corrected chi connectivity index (χ4v) is 9.41. The lowest BCUT2D eigenvalue weighted by atomic mass is 9.95. The van der Waals surface area contributed by atoms with E-state index in [2.05, 4.69) is 49.3 Å². The monoisotopic (exact) mass is 798 g/mol. The Bertz CT molecular complexity index is 2050. The Morgan fingerprint density at radius 1 is 0.842 bits per heavy atom. The quantitative estimate of drug-likeness (QED) is 0.293. The molecular weight excluding hydrogens is 747 g/mol. The number of benzene rings is 3. The molecule has 0 aromatic heterocycles. The lowest BCUT2D eigenvalue weighted by Gasteiger charge is -2.45. The zero-order chi connectivity index (χ0) is 40.0. The van der Waals surface area contributed by atoms with Crippen LogP contribution in [-0.4, -0.2) is 115 Å². The lowest BCUT2D eigenvalue weighted by Crippen LogP contribution is -2.59. The highest BCUT2D eigenvalue weighted by molar-refractivity contribution is 6.31. The Hall–Kier alpha value is -4.88. The smallest absolute Gasteiger partial charge is 0.322 e. The summed E-state index contributed by atoms with van der Waals surface area (Å²) in [6.07, 6.45) is 2.56. The second-order valence-electron chi connectivity index (χ2n) is 16.5. The molecular formula is C43H52ClFN8O4. The number of carbonyl (C=O) groups excluding carboxylic acids is 4. The van der Waals surface area contributed by atoms with Gasteiger partial charge in [0.15, 0.2) is 0 Å². The lowest BCUT2D eigenvalue weighted by molar-refractivity contribution is -0.136. The molecule has 0 spiro atoms. The first-order valence-corrected chi connectivity index (χ1v) is 20.7. The van der Waals surface area contributed by atoms with Crippen LogP contribution in [0.25, 0.3) is 0 Å². The number of hydrogen-bond donors (Lipinski definition) is 2. The highest BCUT2D eigenvalue weighted by atomic mass is 35.5. The summed E-state index contributed by atoms with van der Waals surface area (Å²) in [5.74, 6) is -0.628. The molecule has 0 saturated carbocycles. The zero-order valence-electron chi connectivity index (χ0n) is 33.0. The van der Waals surface area contributed by atoms with Crippen molar-refractivity contribution in [3.05, 3.63) is 82.1 Å². The molecule has 4 fully saturated rings. The first kappa shape index (κ1) is 39.0. The van der Waals surface area contributed by atoms with Gasteiger partial charge >= 0.3 is 6.03 Å². The van der Waals surface area contributed by atoms with Gasteiger partial charge in [-0.1, -0.05) is 17.7 Å². The Morgan fingerprint density at radius 3 is 2.32 bits per heavy atom. The molecule has 0 unspecified atom stereocenters. The van der Waals surface area contributed by atoms with E-state index in [1.807, 2.05) is 43.0 Å². The van der Waals surface area contributed by atoms with Crippen molar-refractivity contribution >= 4 is 58.1 Å².